The molecule has 0 spiro atoms. The van der Waals surface area contributed by atoms with Crippen LogP contribution in [-0.4, -0.2) is 53.0 Å². The van der Waals surface area contributed by atoms with E-state index in [1.54, 1.807) is 16.9 Å². The normalized spacial score (nSPS) is 21.2. The number of anilines is 1. The van der Waals surface area contributed by atoms with Crippen molar-refractivity contribution in [3.8, 4) is 0 Å². The van der Waals surface area contributed by atoms with Crippen molar-refractivity contribution in [3.63, 3.8) is 0 Å². The van der Waals surface area contributed by atoms with E-state index in [4.69, 9.17) is 42.2 Å². The van der Waals surface area contributed by atoms with E-state index in [0.717, 1.165) is 5.56 Å². The average Bonchev–Trinajstić information content (AvgIpc) is 3.37. The highest BCUT2D eigenvalue weighted by atomic mass is 35.5. The third kappa shape index (κ3) is 6.60. The van der Waals surface area contributed by atoms with Crippen LogP contribution in [0.5, 0.6) is 0 Å². The third-order valence-electron chi connectivity index (χ3n) is 5.33. The molecule has 4 rings (SSSR count). The summed E-state index contributed by atoms with van der Waals surface area (Å²) in [4.78, 5) is 36.1. The zero-order valence-corrected chi connectivity index (χ0v) is 21.7. The maximum absolute atomic E-state index is 11.9. The zero-order chi connectivity index (χ0) is 25.4. The molecular weight excluding hydrogens is 543 g/mol. The number of aromatic nitrogens is 4. The first-order chi connectivity index (χ1) is 16.4. The van der Waals surface area contributed by atoms with Crippen LogP contribution in [0.1, 0.15) is 37.6 Å². The number of ether oxygens (including phenoxy) is 1. The van der Waals surface area contributed by atoms with Gasteiger partial charge in [0.25, 0.3) is 0 Å². The zero-order valence-electron chi connectivity index (χ0n) is 18.4. The molecule has 4 atom stereocenters. The van der Waals surface area contributed by atoms with Gasteiger partial charge < -0.3 is 29.3 Å². The maximum atomic E-state index is 11.9. The lowest BCUT2D eigenvalue weighted by atomic mass is 10.1. The van der Waals surface area contributed by atoms with Crippen molar-refractivity contribution >= 4 is 55.2 Å². The van der Waals surface area contributed by atoms with E-state index < -0.39 is 33.4 Å². The fraction of sp³-hybridized carbons (Fsp3) is 0.421. The molecule has 1 aromatic carbocycles. The van der Waals surface area contributed by atoms with Gasteiger partial charge in [0, 0.05) is 5.02 Å². The van der Waals surface area contributed by atoms with E-state index >= 15 is 0 Å². The molecule has 3 aromatic rings. The van der Waals surface area contributed by atoms with Crippen LogP contribution in [0.15, 0.2) is 30.5 Å². The Morgan fingerprint density at radius 1 is 1.23 bits per heavy atom. The van der Waals surface area contributed by atoms with E-state index in [1.165, 1.54) is 0 Å². The molecule has 12 nitrogen and oxygen atoms in total. The first kappa shape index (κ1) is 26.5. The van der Waals surface area contributed by atoms with Gasteiger partial charge in [-0.3, -0.25) is 9.13 Å². The molecule has 1 aliphatic heterocycles. The van der Waals surface area contributed by atoms with Crippen molar-refractivity contribution in [2.75, 3.05) is 17.8 Å². The predicted octanol–water partition coefficient (Wildman–Crippen LogP) is 4.32. The summed E-state index contributed by atoms with van der Waals surface area (Å²) in [6, 6.07) is 7.25. The first-order valence-electron chi connectivity index (χ1n) is 10.5. The highest BCUT2D eigenvalue weighted by Crippen LogP contribution is 2.55. The number of halogens is 2. The van der Waals surface area contributed by atoms with E-state index in [0.29, 0.717) is 34.7 Å². The van der Waals surface area contributed by atoms with Crippen LogP contribution in [-0.2, 0) is 18.4 Å². The maximum Gasteiger partial charge on any atom is 0.340 e. The molecule has 2 aromatic heterocycles. The lowest BCUT2D eigenvalue weighted by molar-refractivity contribution is -0.0230. The molecule has 4 N–H and O–H groups in total. The lowest BCUT2D eigenvalue weighted by Crippen LogP contribution is -2.17. The van der Waals surface area contributed by atoms with E-state index in [-0.39, 0.29) is 17.9 Å². The second-order valence-electron chi connectivity index (χ2n) is 8.08. The van der Waals surface area contributed by atoms with Gasteiger partial charge in [0.15, 0.2) is 17.8 Å². The topological polar surface area (TPSA) is 169 Å². The number of fused-ring (bicyclic) bond motifs is 1. The van der Waals surface area contributed by atoms with Crippen LogP contribution in [0.3, 0.4) is 0 Å². The van der Waals surface area contributed by atoms with Crippen molar-refractivity contribution < 1.29 is 33.1 Å². The fourth-order valence-electron chi connectivity index (χ4n) is 3.79. The molecule has 35 heavy (non-hydrogen) atoms. The van der Waals surface area contributed by atoms with Crippen LogP contribution in [0, 0.1) is 0 Å². The summed E-state index contributed by atoms with van der Waals surface area (Å²) in [5.74, 6) is -0.784. The van der Waals surface area contributed by atoms with Crippen LogP contribution < -0.4 is 5.32 Å². The van der Waals surface area contributed by atoms with Gasteiger partial charge in [-0.2, -0.15) is 15.1 Å². The molecule has 3 heterocycles. The standard InChI is InChI=1S/C19H23Cl2N5O7P2/c1-11(13-4-2-3-5-15(13)20)23-17-14-8-22-26(18(14)25-19(21)24-17)16-7-6-12(33-16)9-32-35(30,31)10-34(27,28)29/h2-5,8,11-12,16H,6-7,9-10H2,1H3,(H,30,31)(H,23,24,25)(H2,27,28,29)/t11-,12+,16-/m1/s1. The van der Waals surface area contributed by atoms with Crippen molar-refractivity contribution in [2.24, 2.45) is 0 Å². The molecule has 1 saturated heterocycles. The summed E-state index contributed by atoms with van der Waals surface area (Å²) >= 11 is 12.5. The Bertz CT molecular complexity index is 1320. The predicted molar refractivity (Wildman–Crippen MR) is 130 cm³/mol. The number of hydrogen-bond donors (Lipinski definition) is 4. The molecule has 0 saturated carbocycles. The SMILES string of the molecule is C[C@@H](Nc1nc(Cl)nc2c1cnn2[C@H]1CC[C@@H](COP(=O)(O)CP(=O)(O)O)O1)c1ccccc1Cl. The summed E-state index contributed by atoms with van der Waals surface area (Å²) in [7, 11) is -9.17. The van der Waals surface area contributed by atoms with Crippen molar-refractivity contribution in [1.82, 2.24) is 19.7 Å². The quantitative estimate of drug-likeness (QED) is 0.215. The van der Waals surface area contributed by atoms with E-state index in [9.17, 15) is 14.0 Å². The number of hydrogen-bond acceptors (Lipinski definition) is 8. The molecule has 16 heteroatoms. The molecule has 0 bridgehead atoms. The van der Waals surface area contributed by atoms with Crippen LogP contribution in [0.2, 0.25) is 10.3 Å². The minimum Gasteiger partial charge on any atom is -0.363 e. The first-order valence-corrected chi connectivity index (χ1v) is 14.8. The summed E-state index contributed by atoms with van der Waals surface area (Å²) in [5, 5.41) is 8.90. The Balaban J connectivity index is 1.48. The Labute approximate surface area is 210 Å². The van der Waals surface area contributed by atoms with Gasteiger partial charge in [-0.05, 0) is 43.0 Å². The molecule has 190 valence electrons. The van der Waals surface area contributed by atoms with Crippen LogP contribution in [0.4, 0.5) is 5.82 Å². The van der Waals surface area contributed by atoms with Gasteiger partial charge in [0.05, 0.1) is 30.3 Å². The summed E-state index contributed by atoms with van der Waals surface area (Å²) in [5.41, 5.74) is 1.31. The number of nitrogens with zero attached hydrogens (tertiary/aromatic N) is 4. The minimum atomic E-state index is -4.70. The second-order valence-corrected chi connectivity index (χ2v) is 12.8. The third-order valence-corrected chi connectivity index (χ3v) is 9.30. The summed E-state index contributed by atoms with van der Waals surface area (Å²) in [6.07, 6.45) is 1.42. The van der Waals surface area contributed by atoms with Gasteiger partial charge >= 0.3 is 15.2 Å². The van der Waals surface area contributed by atoms with Crippen LogP contribution in [0.25, 0.3) is 11.0 Å². The largest absolute Gasteiger partial charge is 0.363 e. The van der Waals surface area contributed by atoms with Gasteiger partial charge in [0.2, 0.25) is 5.28 Å². The van der Waals surface area contributed by atoms with E-state index in [1.807, 2.05) is 25.1 Å². The highest BCUT2D eigenvalue weighted by Gasteiger charge is 2.35. The Morgan fingerprint density at radius 2 is 1.97 bits per heavy atom. The summed E-state index contributed by atoms with van der Waals surface area (Å²) in [6.45, 7) is 1.63. The van der Waals surface area contributed by atoms with Gasteiger partial charge in [0.1, 0.15) is 5.82 Å². The molecule has 0 aliphatic carbocycles. The summed E-state index contributed by atoms with van der Waals surface area (Å²) < 4.78 is 35.2. The van der Waals surface area contributed by atoms with Gasteiger partial charge in [-0.25, -0.2) is 4.68 Å². The molecule has 1 fully saturated rings. The van der Waals surface area contributed by atoms with Gasteiger partial charge in [-0.15, -0.1) is 0 Å². The number of benzene rings is 1. The highest BCUT2D eigenvalue weighted by molar-refractivity contribution is 7.70. The fourth-order valence-corrected chi connectivity index (χ4v) is 6.84. The second kappa shape index (κ2) is 10.4. The molecule has 0 radical (unpaired) electrons. The number of rotatable bonds is 9. The smallest absolute Gasteiger partial charge is 0.340 e. The lowest BCUT2D eigenvalue weighted by Gasteiger charge is -2.18. The average molecular weight is 566 g/mol. The van der Waals surface area contributed by atoms with Crippen molar-refractivity contribution in [3.05, 3.63) is 46.3 Å². The number of nitrogens with one attached hydrogen (secondary N) is 1. The molecule has 1 unspecified atom stereocenters. The minimum absolute atomic E-state index is 0.00430. The van der Waals surface area contributed by atoms with Gasteiger partial charge in [-0.1, -0.05) is 29.8 Å². The van der Waals surface area contributed by atoms with E-state index in [2.05, 4.69) is 20.4 Å². The van der Waals surface area contributed by atoms with Crippen molar-refractivity contribution in [1.29, 1.82) is 0 Å². The Kier molecular flexibility index (Phi) is 7.88. The molecule has 0 amide bonds. The Hall–Kier alpha value is -1.59. The molecule has 1 aliphatic rings. The van der Waals surface area contributed by atoms with Crippen molar-refractivity contribution in [2.45, 2.75) is 38.1 Å². The monoisotopic (exact) mass is 565 g/mol. The molecular formula is C19H23Cl2N5O7P2. The Morgan fingerprint density at radius 3 is 2.69 bits per heavy atom. The van der Waals surface area contributed by atoms with Crippen LogP contribution >= 0.6 is 38.4 Å².